The molecule has 1 aliphatic heterocycles. The molecule has 0 saturated carbocycles. The van der Waals surface area contributed by atoms with E-state index in [-0.39, 0.29) is 18.6 Å². The Balaban J connectivity index is 0.000000278. The van der Waals surface area contributed by atoms with Gasteiger partial charge in [0, 0.05) is 18.6 Å². The predicted molar refractivity (Wildman–Crippen MR) is 104 cm³/mol. The van der Waals surface area contributed by atoms with Crippen LogP contribution < -0.4 is 5.32 Å². The number of halogens is 2. The van der Waals surface area contributed by atoms with Gasteiger partial charge in [-0.25, -0.2) is 8.78 Å². The van der Waals surface area contributed by atoms with Crippen molar-refractivity contribution in [2.24, 2.45) is 7.05 Å². The Labute approximate surface area is 177 Å². The summed E-state index contributed by atoms with van der Waals surface area (Å²) in [5.41, 5.74) is 4.50. The van der Waals surface area contributed by atoms with E-state index < -0.39 is 11.6 Å². The summed E-state index contributed by atoms with van der Waals surface area (Å²) in [6.07, 6.45) is 6.59. The third kappa shape index (κ3) is 4.44. The fourth-order valence-electron chi connectivity index (χ4n) is 3.10. The van der Waals surface area contributed by atoms with Gasteiger partial charge in [0.1, 0.15) is 5.52 Å². The van der Waals surface area contributed by atoms with Crippen molar-refractivity contribution < 1.29 is 27.3 Å². The van der Waals surface area contributed by atoms with Gasteiger partial charge in [0.25, 0.3) is 0 Å². The summed E-state index contributed by atoms with van der Waals surface area (Å²) < 4.78 is 30.4. The van der Waals surface area contributed by atoms with Gasteiger partial charge in [-0.15, -0.1) is 6.07 Å². The van der Waals surface area contributed by atoms with Crippen LogP contribution in [0.15, 0.2) is 30.5 Å². The number of nitrogens with zero attached hydrogens (tertiary/aromatic N) is 3. The van der Waals surface area contributed by atoms with E-state index in [0.29, 0.717) is 32.2 Å². The van der Waals surface area contributed by atoms with Gasteiger partial charge < -0.3 is 16.7 Å². The van der Waals surface area contributed by atoms with Crippen molar-refractivity contribution in [1.29, 1.82) is 0 Å². The number of aromatic nitrogens is 3. The molecule has 0 amide bonds. The third-order valence-corrected chi connectivity index (χ3v) is 5.12. The van der Waals surface area contributed by atoms with Gasteiger partial charge >= 0.3 is 18.6 Å². The molecule has 0 atom stereocenters. The molecule has 5 rings (SSSR count). The summed E-state index contributed by atoms with van der Waals surface area (Å²) in [5, 5.41) is 8.00. The minimum absolute atomic E-state index is 0. The summed E-state index contributed by atoms with van der Waals surface area (Å²) in [6, 6.07) is 6.34. The Kier molecular flexibility index (Phi) is 6.83. The zero-order chi connectivity index (χ0) is 18.8. The number of fused-ring (bicyclic) bond motifs is 2. The molecule has 4 aromatic rings. The predicted octanol–water partition coefficient (Wildman–Crippen LogP) is 4.50. The number of hydrogen-bond donors (Lipinski definition) is 1. The zero-order valence-electron chi connectivity index (χ0n) is 15.2. The topological polar surface area (TPSA) is 42.7 Å². The van der Waals surface area contributed by atoms with Crippen molar-refractivity contribution in [2.45, 2.75) is 12.8 Å². The van der Waals surface area contributed by atoms with E-state index in [1.165, 1.54) is 49.4 Å². The van der Waals surface area contributed by atoms with Crippen LogP contribution in [0, 0.1) is 23.6 Å². The van der Waals surface area contributed by atoms with Crippen LogP contribution >= 0.6 is 11.3 Å². The molecule has 3 heterocycles. The maximum Gasteiger partial charge on any atom is 2.00 e. The molecule has 1 fully saturated rings. The largest absolute Gasteiger partial charge is 2.00 e. The van der Waals surface area contributed by atoms with Crippen LogP contribution in [0.2, 0.25) is 0 Å². The van der Waals surface area contributed by atoms with Crippen LogP contribution in [0.25, 0.3) is 32.2 Å². The van der Waals surface area contributed by atoms with Crippen LogP contribution in [0.4, 0.5) is 8.78 Å². The number of nitrogens with one attached hydrogen (secondary N) is 1. The van der Waals surface area contributed by atoms with Crippen molar-refractivity contribution >= 4 is 32.5 Å². The van der Waals surface area contributed by atoms with E-state index in [0.717, 1.165) is 0 Å². The van der Waals surface area contributed by atoms with E-state index in [1.807, 2.05) is 0 Å². The first-order valence-electron chi connectivity index (χ1n) is 8.73. The molecule has 4 nitrogen and oxygen atoms in total. The van der Waals surface area contributed by atoms with Gasteiger partial charge in [-0.1, -0.05) is 4.70 Å². The van der Waals surface area contributed by atoms with E-state index in [4.69, 9.17) is 0 Å². The first-order chi connectivity index (χ1) is 13.1. The van der Waals surface area contributed by atoms with Crippen LogP contribution in [-0.2, 0) is 25.6 Å². The van der Waals surface area contributed by atoms with E-state index in [9.17, 15) is 8.78 Å². The number of rotatable bonds is 1. The fourth-order valence-corrected chi connectivity index (χ4v) is 3.76. The molecule has 28 heavy (non-hydrogen) atoms. The summed E-state index contributed by atoms with van der Waals surface area (Å²) in [6.45, 7) is 2.39. The third-order valence-electron chi connectivity index (χ3n) is 4.40. The number of hydrogen-bond acceptors (Lipinski definition) is 4. The fraction of sp³-hybridized carbons (Fsp3) is 0.250. The van der Waals surface area contributed by atoms with Gasteiger partial charge in [0.15, 0.2) is 5.82 Å². The van der Waals surface area contributed by atoms with E-state index >= 15 is 0 Å². The zero-order valence-corrected chi connectivity index (χ0v) is 17.5. The Bertz CT molecular complexity index is 1080. The maximum absolute atomic E-state index is 14.1. The second kappa shape index (κ2) is 9.14. The number of piperidine rings is 1. The Hall–Kier alpha value is -1.80. The second-order valence-corrected chi connectivity index (χ2v) is 7.25. The average Bonchev–Trinajstić information content (AvgIpc) is 3.30. The van der Waals surface area contributed by atoms with Gasteiger partial charge in [-0.2, -0.15) is 17.9 Å². The summed E-state index contributed by atoms with van der Waals surface area (Å²) in [4.78, 5) is 3.85. The standard InChI is InChI=1S/C15H8F2N3S.C5H10N.V/c1-20-6-10-2-8(3-11(16)14(10)19-20)9-4-12(17)15-13(5-9)21-7-18-15;1-2-4-6-5-3-1;/h2-6H,1H3;1,6H,2-5H2;/q2*-1;+2. The SMILES string of the molecule is Cn1cc2cc(-c3cc(F)c4n[c-]sc4c3)cc(F)c2n1.[CH-]1CCNCC1.[V+2]. The minimum atomic E-state index is -0.424. The second-order valence-electron chi connectivity index (χ2n) is 6.42. The van der Waals surface area contributed by atoms with E-state index in [2.05, 4.69) is 27.3 Å². The van der Waals surface area contributed by atoms with Crippen molar-refractivity contribution in [2.75, 3.05) is 13.1 Å². The van der Waals surface area contributed by atoms with Gasteiger partial charge in [0.2, 0.25) is 0 Å². The molecule has 0 spiro atoms. The normalized spacial score (nSPS) is 13.8. The van der Waals surface area contributed by atoms with Crippen LogP contribution in [0.1, 0.15) is 12.8 Å². The Morgan fingerprint density at radius 1 is 1.07 bits per heavy atom. The molecule has 143 valence electrons. The Morgan fingerprint density at radius 2 is 1.75 bits per heavy atom. The summed E-state index contributed by atoms with van der Waals surface area (Å²) >= 11 is 1.24. The summed E-state index contributed by atoms with van der Waals surface area (Å²) in [7, 11) is 1.73. The van der Waals surface area contributed by atoms with E-state index in [1.54, 1.807) is 30.1 Å². The van der Waals surface area contributed by atoms with Crippen LogP contribution in [0.3, 0.4) is 0 Å². The molecule has 2 aromatic heterocycles. The monoisotopic (exact) mass is 435 g/mol. The van der Waals surface area contributed by atoms with Crippen molar-refractivity contribution in [1.82, 2.24) is 20.1 Å². The molecule has 1 radical (unpaired) electrons. The molecular weight excluding hydrogens is 417 g/mol. The van der Waals surface area contributed by atoms with Crippen LogP contribution in [0.5, 0.6) is 0 Å². The van der Waals surface area contributed by atoms with Crippen molar-refractivity contribution in [3.8, 4) is 11.1 Å². The first kappa shape index (κ1) is 20.9. The van der Waals surface area contributed by atoms with Crippen LogP contribution in [-0.4, -0.2) is 27.9 Å². The first-order valence-corrected chi connectivity index (χ1v) is 9.55. The maximum atomic E-state index is 14.1. The summed E-state index contributed by atoms with van der Waals surface area (Å²) in [5.74, 6) is -0.842. The minimum Gasteiger partial charge on any atom is -0.383 e. The average molecular weight is 435 g/mol. The molecule has 1 aliphatic rings. The quantitative estimate of drug-likeness (QED) is 0.448. The van der Waals surface area contributed by atoms with Gasteiger partial charge in [0.05, 0.1) is 5.82 Å². The van der Waals surface area contributed by atoms with Crippen molar-refractivity contribution in [3.05, 3.63) is 54.0 Å². The smallest absolute Gasteiger partial charge is 0.383 e. The molecule has 1 N–H and O–H groups in total. The molecule has 8 heteroatoms. The number of benzene rings is 2. The molecule has 0 unspecified atom stereocenters. The molecule has 2 aromatic carbocycles. The van der Waals surface area contributed by atoms with Gasteiger partial charge in [-0.05, 0) is 53.4 Å². The number of thiazole rings is 1. The number of aryl methyl sites for hydroxylation is 1. The van der Waals surface area contributed by atoms with Crippen molar-refractivity contribution in [3.63, 3.8) is 0 Å². The molecular formula is C20H18F2N4SV. The molecule has 1 saturated heterocycles. The van der Waals surface area contributed by atoms with Gasteiger partial charge in [-0.3, -0.25) is 16.0 Å². The Morgan fingerprint density at radius 3 is 2.39 bits per heavy atom. The molecule has 0 bridgehead atoms. The molecule has 0 aliphatic carbocycles.